The Kier molecular flexibility index (Phi) is 6.54. The Labute approximate surface area is 197 Å². The summed E-state index contributed by atoms with van der Waals surface area (Å²) in [5.74, 6) is -0.583. The van der Waals surface area contributed by atoms with Gasteiger partial charge in [-0.15, -0.1) is 0 Å². The van der Waals surface area contributed by atoms with Gasteiger partial charge in [-0.1, -0.05) is 56.3 Å². The fourth-order valence-electron chi connectivity index (χ4n) is 4.37. The second-order valence-corrected chi connectivity index (χ2v) is 9.02. The molecule has 0 fully saturated rings. The third-order valence-electron chi connectivity index (χ3n) is 6.05. The summed E-state index contributed by atoms with van der Waals surface area (Å²) in [4.78, 5) is 38.1. The Morgan fingerprint density at radius 1 is 1.03 bits per heavy atom. The Bertz CT molecular complexity index is 1520. The van der Waals surface area contributed by atoms with Crippen LogP contribution in [0.3, 0.4) is 0 Å². The van der Waals surface area contributed by atoms with E-state index in [0.29, 0.717) is 16.8 Å². The fraction of sp³-hybridized carbons (Fsp3) is 0.296. The first-order chi connectivity index (χ1) is 16.3. The molecule has 176 valence electrons. The van der Waals surface area contributed by atoms with Crippen LogP contribution in [0.25, 0.3) is 27.9 Å². The normalized spacial score (nSPS) is 11.9. The zero-order valence-corrected chi connectivity index (χ0v) is 19.7. The molecule has 0 spiro atoms. The molecule has 0 aliphatic heterocycles. The molecule has 34 heavy (non-hydrogen) atoms. The molecule has 0 aliphatic rings. The molecule has 7 nitrogen and oxygen atoms in total. The third-order valence-corrected chi connectivity index (χ3v) is 6.05. The molecule has 0 radical (unpaired) electrons. The molecular weight excluding hydrogens is 430 g/mol. The number of fused-ring (bicyclic) bond motifs is 2. The summed E-state index contributed by atoms with van der Waals surface area (Å²) in [6, 6.07) is 13.4. The number of rotatable bonds is 8. The third kappa shape index (κ3) is 4.46. The van der Waals surface area contributed by atoms with E-state index < -0.39 is 17.2 Å². The number of aliphatic carboxylic acids is 1. The quantitative estimate of drug-likeness (QED) is 0.427. The highest BCUT2D eigenvalue weighted by atomic mass is 16.4. The summed E-state index contributed by atoms with van der Waals surface area (Å²) in [7, 11) is 1.96. The molecule has 0 aliphatic carbocycles. The van der Waals surface area contributed by atoms with Crippen LogP contribution < -0.4 is 11.2 Å². The van der Waals surface area contributed by atoms with E-state index in [1.165, 1.54) is 0 Å². The van der Waals surface area contributed by atoms with Gasteiger partial charge in [0.1, 0.15) is 0 Å². The average Bonchev–Trinajstić information content (AvgIpc) is 3.11. The molecule has 0 amide bonds. The smallest absolute Gasteiger partial charge is 0.331 e. The summed E-state index contributed by atoms with van der Waals surface area (Å²) >= 11 is 0. The van der Waals surface area contributed by atoms with Gasteiger partial charge in [-0.25, -0.2) is 4.79 Å². The molecule has 0 unspecified atom stereocenters. The van der Waals surface area contributed by atoms with Crippen LogP contribution in [-0.2, 0) is 24.9 Å². The molecule has 2 aromatic heterocycles. The maximum absolute atomic E-state index is 13.5. The van der Waals surface area contributed by atoms with E-state index >= 15 is 0 Å². The summed E-state index contributed by atoms with van der Waals surface area (Å²) in [5, 5.41) is 10.6. The largest absolute Gasteiger partial charge is 0.481 e. The standard InChI is InChI=1S/C27H29N3O4/c1-18(2)8-6-9-19-10-7-13-23-25(19)26(33)29(15-14-24(31)32)27(34)30(23)17-20-16-28(3)22-12-5-4-11-21(20)22/h4-7,9-13,16,18H,8,14-15,17H2,1-3H3,(H,31,32)/b9-6+. The molecule has 0 saturated carbocycles. The lowest BCUT2D eigenvalue weighted by Gasteiger charge is -2.15. The van der Waals surface area contributed by atoms with Crippen LogP contribution in [0.2, 0.25) is 0 Å². The predicted molar refractivity (Wildman–Crippen MR) is 135 cm³/mol. The van der Waals surface area contributed by atoms with Gasteiger partial charge in [0, 0.05) is 30.7 Å². The Morgan fingerprint density at radius 2 is 1.76 bits per heavy atom. The SMILES string of the molecule is CC(C)C/C=C/c1cccc2c1c(=O)n(CCC(=O)O)c(=O)n2Cc1cn(C)c2ccccc12. The van der Waals surface area contributed by atoms with Crippen LogP contribution in [0.1, 0.15) is 37.8 Å². The van der Waals surface area contributed by atoms with Crippen LogP contribution >= 0.6 is 0 Å². The number of hydrogen-bond acceptors (Lipinski definition) is 3. The van der Waals surface area contributed by atoms with Crippen molar-refractivity contribution in [3.8, 4) is 0 Å². The van der Waals surface area contributed by atoms with Crippen molar-refractivity contribution in [3.63, 3.8) is 0 Å². The maximum atomic E-state index is 13.5. The second-order valence-electron chi connectivity index (χ2n) is 9.02. The van der Waals surface area contributed by atoms with Crippen LogP contribution in [0.5, 0.6) is 0 Å². The van der Waals surface area contributed by atoms with Crippen LogP contribution in [0.15, 0.2) is 64.3 Å². The zero-order chi connectivity index (χ0) is 24.4. The summed E-state index contributed by atoms with van der Waals surface area (Å²) in [6.07, 6.45) is 6.49. The van der Waals surface area contributed by atoms with E-state index in [1.807, 2.05) is 66.4 Å². The second kappa shape index (κ2) is 9.55. The molecule has 0 atom stereocenters. The Balaban J connectivity index is 1.96. The van der Waals surface area contributed by atoms with Crippen molar-refractivity contribution in [1.82, 2.24) is 13.7 Å². The topological polar surface area (TPSA) is 86.2 Å². The molecule has 2 aromatic carbocycles. The van der Waals surface area contributed by atoms with Gasteiger partial charge >= 0.3 is 11.7 Å². The number of allylic oxidation sites excluding steroid dienone is 1. The van der Waals surface area contributed by atoms with E-state index in [4.69, 9.17) is 0 Å². The van der Waals surface area contributed by atoms with Crippen molar-refractivity contribution >= 4 is 33.9 Å². The van der Waals surface area contributed by atoms with Crippen molar-refractivity contribution in [2.45, 2.75) is 39.8 Å². The van der Waals surface area contributed by atoms with Crippen molar-refractivity contribution < 1.29 is 9.90 Å². The van der Waals surface area contributed by atoms with E-state index in [9.17, 15) is 19.5 Å². The molecule has 0 saturated heterocycles. The minimum atomic E-state index is -1.06. The number of carboxylic acid groups (broad SMARTS) is 1. The van der Waals surface area contributed by atoms with Gasteiger partial charge in [-0.2, -0.15) is 0 Å². The average molecular weight is 460 g/mol. The van der Waals surface area contributed by atoms with Crippen molar-refractivity contribution in [2.24, 2.45) is 13.0 Å². The van der Waals surface area contributed by atoms with Gasteiger partial charge in [-0.3, -0.25) is 18.7 Å². The number of carbonyl (C=O) groups is 1. The Hall–Kier alpha value is -3.87. The first kappa shape index (κ1) is 23.3. The lowest BCUT2D eigenvalue weighted by atomic mass is 10.1. The highest BCUT2D eigenvalue weighted by Gasteiger charge is 2.17. The maximum Gasteiger partial charge on any atom is 0.331 e. The van der Waals surface area contributed by atoms with Gasteiger partial charge in [0.15, 0.2) is 0 Å². The fourth-order valence-corrected chi connectivity index (χ4v) is 4.37. The van der Waals surface area contributed by atoms with Crippen LogP contribution in [0.4, 0.5) is 0 Å². The van der Waals surface area contributed by atoms with Gasteiger partial charge < -0.3 is 9.67 Å². The molecule has 0 bridgehead atoms. The van der Waals surface area contributed by atoms with E-state index in [0.717, 1.165) is 33.0 Å². The summed E-state index contributed by atoms with van der Waals surface area (Å²) in [6.45, 7) is 4.33. The lowest BCUT2D eigenvalue weighted by Crippen LogP contribution is -2.41. The van der Waals surface area contributed by atoms with Gasteiger partial charge in [-0.05, 0) is 35.6 Å². The van der Waals surface area contributed by atoms with Crippen molar-refractivity contribution in [3.05, 3.63) is 86.7 Å². The highest BCUT2D eigenvalue weighted by Crippen LogP contribution is 2.23. The monoisotopic (exact) mass is 459 g/mol. The zero-order valence-electron chi connectivity index (χ0n) is 19.7. The number of aromatic nitrogens is 3. The highest BCUT2D eigenvalue weighted by molar-refractivity contribution is 5.88. The first-order valence-corrected chi connectivity index (χ1v) is 11.5. The van der Waals surface area contributed by atoms with Gasteiger partial charge in [0.25, 0.3) is 5.56 Å². The van der Waals surface area contributed by atoms with Crippen molar-refractivity contribution in [2.75, 3.05) is 0 Å². The molecular formula is C27H29N3O4. The van der Waals surface area contributed by atoms with Crippen LogP contribution in [0, 0.1) is 5.92 Å². The number of benzene rings is 2. The molecule has 7 heteroatoms. The first-order valence-electron chi connectivity index (χ1n) is 11.5. The van der Waals surface area contributed by atoms with E-state index in [-0.39, 0.29) is 19.5 Å². The number of carboxylic acids is 1. The Morgan fingerprint density at radius 3 is 2.50 bits per heavy atom. The van der Waals surface area contributed by atoms with E-state index in [2.05, 4.69) is 13.8 Å². The number of nitrogens with zero attached hydrogens (tertiary/aromatic N) is 3. The number of hydrogen-bond donors (Lipinski definition) is 1. The number of para-hydroxylation sites is 1. The van der Waals surface area contributed by atoms with Crippen LogP contribution in [-0.4, -0.2) is 24.8 Å². The molecule has 4 rings (SSSR count). The van der Waals surface area contributed by atoms with Gasteiger partial charge in [0.2, 0.25) is 0 Å². The predicted octanol–water partition coefficient (Wildman–Crippen LogP) is 4.24. The molecule has 1 N–H and O–H groups in total. The van der Waals surface area contributed by atoms with E-state index in [1.54, 1.807) is 10.6 Å². The summed E-state index contributed by atoms with van der Waals surface area (Å²) in [5.41, 5.74) is 2.30. The molecule has 2 heterocycles. The summed E-state index contributed by atoms with van der Waals surface area (Å²) < 4.78 is 4.65. The number of aryl methyl sites for hydroxylation is 1. The minimum absolute atomic E-state index is 0.178. The molecule has 4 aromatic rings. The van der Waals surface area contributed by atoms with Crippen molar-refractivity contribution in [1.29, 1.82) is 0 Å². The minimum Gasteiger partial charge on any atom is -0.481 e. The lowest BCUT2D eigenvalue weighted by molar-refractivity contribution is -0.137. The van der Waals surface area contributed by atoms with Gasteiger partial charge in [0.05, 0.1) is 23.9 Å².